The zero-order valence-electron chi connectivity index (χ0n) is 14.0. The van der Waals surface area contributed by atoms with Gasteiger partial charge in [-0.2, -0.15) is 0 Å². The Morgan fingerprint density at radius 2 is 1.90 bits per heavy atom. The van der Waals surface area contributed by atoms with Crippen LogP contribution < -0.4 is 0 Å². The lowest BCUT2D eigenvalue weighted by molar-refractivity contribution is -0.170. The molecular formula is C19H32O2. The molecule has 0 heterocycles. The van der Waals surface area contributed by atoms with Gasteiger partial charge in [0.1, 0.15) is 5.60 Å². The van der Waals surface area contributed by atoms with Gasteiger partial charge in [0.2, 0.25) is 0 Å². The molecule has 2 rings (SSSR count). The van der Waals surface area contributed by atoms with E-state index < -0.39 is 0 Å². The van der Waals surface area contributed by atoms with E-state index >= 15 is 0 Å². The van der Waals surface area contributed by atoms with Gasteiger partial charge in [-0.05, 0) is 57.3 Å². The first-order valence-electron chi connectivity index (χ1n) is 8.99. The van der Waals surface area contributed by atoms with Crippen molar-refractivity contribution >= 4 is 5.97 Å². The monoisotopic (exact) mass is 292 g/mol. The van der Waals surface area contributed by atoms with Crippen LogP contribution in [0.25, 0.3) is 0 Å². The van der Waals surface area contributed by atoms with Gasteiger partial charge in [-0.1, -0.05) is 45.6 Å². The highest BCUT2D eigenvalue weighted by Gasteiger charge is 2.51. The van der Waals surface area contributed by atoms with Crippen molar-refractivity contribution in [3.05, 3.63) is 12.2 Å². The van der Waals surface area contributed by atoms with Gasteiger partial charge in [-0.25, -0.2) is 4.79 Å². The van der Waals surface area contributed by atoms with E-state index in [0.717, 1.165) is 6.42 Å². The summed E-state index contributed by atoms with van der Waals surface area (Å²) in [5.41, 5.74) is 0.373. The molecule has 0 aromatic carbocycles. The Morgan fingerprint density at radius 1 is 1.19 bits per heavy atom. The number of hydrogen-bond donors (Lipinski definition) is 0. The molecule has 0 spiro atoms. The maximum atomic E-state index is 12.2. The molecule has 0 aromatic heterocycles. The Kier molecular flexibility index (Phi) is 5.89. The van der Waals surface area contributed by atoms with Crippen molar-refractivity contribution in [1.29, 1.82) is 0 Å². The molecule has 2 saturated carbocycles. The van der Waals surface area contributed by atoms with Crippen molar-refractivity contribution in [2.45, 2.75) is 90.1 Å². The van der Waals surface area contributed by atoms with Gasteiger partial charge in [0.25, 0.3) is 0 Å². The third kappa shape index (κ3) is 3.70. The van der Waals surface area contributed by atoms with Crippen molar-refractivity contribution in [3.63, 3.8) is 0 Å². The molecule has 2 unspecified atom stereocenters. The average Bonchev–Trinajstić information content (AvgIpc) is 2.89. The smallest absolute Gasteiger partial charge is 0.333 e. The van der Waals surface area contributed by atoms with Crippen LogP contribution in [0, 0.1) is 11.8 Å². The number of rotatable bonds is 6. The molecule has 2 aliphatic carbocycles. The molecule has 2 aliphatic rings. The van der Waals surface area contributed by atoms with Gasteiger partial charge < -0.3 is 4.74 Å². The minimum absolute atomic E-state index is 0.163. The molecule has 0 amide bonds. The predicted octanol–water partition coefficient (Wildman–Crippen LogP) is 5.42. The highest BCUT2D eigenvalue weighted by atomic mass is 16.6. The highest BCUT2D eigenvalue weighted by molar-refractivity contribution is 5.87. The Morgan fingerprint density at radius 3 is 2.52 bits per heavy atom. The summed E-state index contributed by atoms with van der Waals surface area (Å²) in [5.74, 6) is 0.992. The maximum Gasteiger partial charge on any atom is 0.333 e. The van der Waals surface area contributed by atoms with E-state index in [2.05, 4.69) is 13.5 Å². The second-order valence-electron chi connectivity index (χ2n) is 7.19. The van der Waals surface area contributed by atoms with Crippen LogP contribution in [0.1, 0.15) is 84.5 Å². The number of carbonyl (C=O) groups is 1. The summed E-state index contributed by atoms with van der Waals surface area (Å²) in [6, 6.07) is 0. The predicted molar refractivity (Wildman–Crippen MR) is 87.1 cm³/mol. The van der Waals surface area contributed by atoms with E-state index in [9.17, 15) is 4.79 Å². The fourth-order valence-corrected chi connectivity index (χ4v) is 4.52. The van der Waals surface area contributed by atoms with E-state index in [4.69, 9.17) is 4.74 Å². The first-order valence-corrected chi connectivity index (χ1v) is 8.99. The molecule has 2 fully saturated rings. The Bertz CT molecular complexity index is 368. The minimum Gasteiger partial charge on any atom is -0.455 e. The third-order valence-electron chi connectivity index (χ3n) is 5.64. The first-order chi connectivity index (χ1) is 10.1. The van der Waals surface area contributed by atoms with Crippen LogP contribution in [0.3, 0.4) is 0 Å². The number of hydrogen-bond acceptors (Lipinski definition) is 2. The summed E-state index contributed by atoms with van der Waals surface area (Å²) >= 11 is 0. The Balaban J connectivity index is 2.19. The molecular weight excluding hydrogens is 260 g/mol. The molecule has 0 saturated heterocycles. The van der Waals surface area contributed by atoms with Crippen LogP contribution >= 0.6 is 0 Å². The fourth-order valence-electron chi connectivity index (χ4n) is 4.52. The summed E-state index contributed by atoms with van der Waals surface area (Å²) in [6.45, 7) is 7.80. The summed E-state index contributed by atoms with van der Waals surface area (Å²) in [4.78, 5) is 12.2. The second-order valence-corrected chi connectivity index (χ2v) is 7.19. The normalized spacial score (nSPS) is 30.3. The van der Waals surface area contributed by atoms with Crippen molar-refractivity contribution in [3.8, 4) is 0 Å². The summed E-state index contributed by atoms with van der Waals surface area (Å²) in [6.07, 6.45) is 13.7. The molecule has 0 N–H and O–H groups in total. The lowest BCUT2D eigenvalue weighted by Gasteiger charge is -2.43. The minimum atomic E-state index is -0.175. The first kappa shape index (κ1) is 16.6. The lowest BCUT2D eigenvalue weighted by atomic mass is 9.70. The number of carbonyl (C=O) groups excluding carboxylic acids is 1. The van der Waals surface area contributed by atoms with E-state index in [-0.39, 0.29) is 11.6 Å². The van der Waals surface area contributed by atoms with Crippen LogP contribution in [-0.2, 0) is 9.53 Å². The SMILES string of the molecule is C=C(C)C(=O)OC1(C2CCCCC2)CCCC1CCCC. The average molecular weight is 292 g/mol. The number of unbranched alkanes of at least 4 members (excludes halogenated alkanes) is 1. The topological polar surface area (TPSA) is 26.3 Å². The van der Waals surface area contributed by atoms with Gasteiger partial charge in [-0.3, -0.25) is 0 Å². The quantitative estimate of drug-likeness (QED) is 0.483. The van der Waals surface area contributed by atoms with Crippen molar-refractivity contribution in [2.24, 2.45) is 11.8 Å². The summed E-state index contributed by atoms with van der Waals surface area (Å²) < 4.78 is 6.17. The molecule has 0 bridgehead atoms. The standard InChI is InChI=1S/C19H32O2/c1-4-5-10-16-13-9-14-19(16,21-18(20)15(2)3)17-11-7-6-8-12-17/h16-17H,2,4-14H2,1,3H3. The largest absolute Gasteiger partial charge is 0.455 e. The van der Waals surface area contributed by atoms with Gasteiger partial charge in [0, 0.05) is 5.57 Å². The van der Waals surface area contributed by atoms with E-state index in [0.29, 0.717) is 17.4 Å². The van der Waals surface area contributed by atoms with Crippen molar-refractivity contribution in [2.75, 3.05) is 0 Å². The zero-order chi connectivity index (χ0) is 15.3. The van der Waals surface area contributed by atoms with Gasteiger partial charge in [0.15, 0.2) is 0 Å². The molecule has 2 nitrogen and oxygen atoms in total. The van der Waals surface area contributed by atoms with Crippen molar-refractivity contribution in [1.82, 2.24) is 0 Å². The molecule has 0 radical (unpaired) electrons. The maximum absolute atomic E-state index is 12.2. The third-order valence-corrected chi connectivity index (χ3v) is 5.64. The van der Waals surface area contributed by atoms with Crippen LogP contribution in [0.15, 0.2) is 12.2 Å². The van der Waals surface area contributed by atoms with Gasteiger partial charge >= 0.3 is 5.97 Å². The molecule has 0 aromatic rings. The van der Waals surface area contributed by atoms with Crippen LogP contribution in [-0.4, -0.2) is 11.6 Å². The Labute approximate surface area is 130 Å². The second kappa shape index (κ2) is 7.47. The van der Waals surface area contributed by atoms with Gasteiger partial charge in [0.05, 0.1) is 0 Å². The summed E-state index contributed by atoms with van der Waals surface area (Å²) in [7, 11) is 0. The zero-order valence-corrected chi connectivity index (χ0v) is 14.0. The fraction of sp³-hybridized carbons (Fsp3) is 0.842. The number of ether oxygens (including phenoxy) is 1. The molecule has 2 atom stereocenters. The van der Waals surface area contributed by atoms with E-state index in [1.54, 1.807) is 6.92 Å². The molecule has 21 heavy (non-hydrogen) atoms. The van der Waals surface area contributed by atoms with Crippen LogP contribution in [0.5, 0.6) is 0 Å². The summed E-state index contributed by atoms with van der Waals surface area (Å²) in [5, 5.41) is 0. The number of esters is 1. The van der Waals surface area contributed by atoms with Crippen molar-refractivity contribution < 1.29 is 9.53 Å². The highest BCUT2D eigenvalue weighted by Crippen LogP contribution is 2.50. The lowest BCUT2D eigenvalue weighted by Crippen LogP contribution is -2.46. The van der Waals surface area contributed by atoms with Gasteiger partial charge in [-0.15, -0.1) is 0 Å². The van der Waals surface area contributed by atoms with Crippen LogP contribution in [0.4, 0.5) is 0 Å². The molecule has 120 valence electrons. The van der Waals surface area contributed by atoms with E-state index in [1.165, 1.54) is 64.2 Å². The molecule has 2 heteroatoms. The molecule has 0 aliphatic heterocycles. The van der Waals surface area contributed by atoms with E-state index in [1.807, 2.05) is 0 Å². The Hall–Kier alpha value is -0.790. The van der Waals surface area contributed by atoms with Crippen LogP contribution in [0.2, 0.25) is 0 Å².